The second kappa shape index (κ2) is 10.0. The first-order valence-corrected chi connectivity index (χ1v) is 13.8. The number of amides is 1. The number of halogens is 1. The molecule has 1 amide bonds. The van der Waals surface area contributed by atoms with E-state index in [1.807, 2.05) is 6.07 Å². The van der Waals surface area contributed by atoms with Gasteiger partial charge in [0.25, 0.3) is 5.91 Å². The van der Waals surface area contributed by atoms with Crippen LogP contribution in [0.15, 0.2) is 42.5 Å². The van der Waals surface area contributed by atoms with Crippen molar-refractivity contribution in [3.05, 3.63) is 74.6 Å². The van der Waals surface area contributed by atoms with E-state index in [9.17, 15) is 9.59 Å². The van der Waals surface area contributed by atoms with Crippen molar-refractivity contribution in [1.29, 1.82) is 0 Å². The van der Waals surface area contributed by atoms with Crippen LogP contribution in [0.2, 0.25) is 5.02 Å². The van der Waals surface area contributed by atoms with Crippen molar-refractivity contribution < 1.29 is 19.1 Å². The number of carbonyl (C=O) groups excluding carboxylic acids is 2. The Morgan fingerprint density at radius 1 is 1.14 bits per heavy atom. The minimum Gasteiger partial charge on any atom is -0.493 e. The number of methoxy groups -OCH3 is 1. The molecule has 194 valence electrons. The molecular formula is C29H31ClN2O4S. The van der Waals surface area contributed by atoms with Crippen LogP contribution >= 0.6 is 22.9 Å². The van der Waals surface area contributed by atoms with Crippen LogP contribution in [-0.4, -0.2) is 19.0 Å². The lowest BCUT2D eigenvalue weighted by Gasteiger charge is -2.36. The molecular weight excluding hydrogens is 508 g/mol. The van der Waals surface area contributed by atoms with Crippen LogP contribution < -0.4 is 20.1 Å². The van der Waals surface area contributed by atoms with Crippen molar-refractivity contribution in [1.82, 2.24) is 5.32 Å². The molecule has 0 fully saturated rings. The molecule has 0 saturated heterocycles. The Kier molecular flexibility index (Phi) is 6.94. The third-order valence-corrected chi connectivity index (χ3v) is 9.30. The number of hydrogen-bond acceptors (Lipinski definition) is 6. The third-order valence-electron chi connectivity index (χ3n) is 7.86. The van der Waals surface area contributed by atoms with E-state index in [-0.39, 0.29) is 11.3 Å². The third kappa shape index (κ3) is 4.94. The summed E-state index contributed by atoms with van der Waals surface area (Å²) in [6, 6.07) is 11.8. The first kappa shape index (κ1) is 25.6. The van der Waals surface area contributed by atoms with Crippen molar-refractivity contribution >= 4 is 39.8 Å². The molecule has 1 aliphatic heterocycles. The first-order valence-electron chi connectivity index (χ1n) is 12.6. The van der Waals surface area contributed by atoms with Crippen molar-refractivity contribution in [2.24, 2.45) is 11.3 Å². The van der Waals surface area contributed by atoms with Gasteiger partial charge in [-0.15, -0.1) is 11.3 Å². The minimum absolute atomic E-state index is 0.0540. The lowest BCUT2D eigenvalue weighted by atomic mass is 9.69. The quantitative estimate of drug-likeness (QED) is 0.260. The van der Waals surface area contributed by atoms with E-state index in [0.29, 0.717) is 28.0 Å². The van der Waals surface area contributed by atoms with Gasteiger partial charge in [-0.3, -0.25) is 4.79 Å². The van der Waals surface area contributed by atoms with Gasteiger partial charge in [-0.25, -0.2) is 4.79 Å². The summed E-state index contributed by atoms with van der Waals surface area (Å²) in [5, 5.41) is 8.09. The Balaban J connectivity index is 1.36. The summed E-state index contributed by atoms with van der Waals surface area (Å²) in [4.78, 5) is 27.1. The number of anilines is 1. The molecule has 2 heterocycles. The Labute approximate surface area is 226 Å². The predicted octanol–water partition coefficient (Wildman–Crippen LogP) is 7.02. The van der Waals surface area contributed by atoms with Crippen LogP contribution in [0, 0.1) is 11.3 Å². The summed E-state index contributed by atoms with van der Waals surface area (Å²) in [6.07, 6.45) is 3.80. The fourth-order valence-corrected chi connectivity index (χ4v) is 6.59. The fourth-order valence-electron chi connectivity index (χ4n) is 5.11. The number of thiophene rings is 1. The number of benzene rings is 2. The largest absolute Gasteiger partial charge is 0.493 e. The van der Waals surface area contributed by atoms with Gasteiger partial charge in [0.2, 0.25) is 0 Å². The number of rotatable bonds is 6. The van der Waals surface area contributed by atoms with Gasteiger partial charge in [0.15, 0.2) is 11.5 Å². The number of nitrogens with one attached hydrogen (secondary N) is 2. The monoisotopic (exact) mass is 538 g/mol. The van der Waals surface area contributed by atoms with Crippen molar-refractivity contribution in [3.8, 4) is 11.5 Å². The Morgan fingerprint density at radius 2 is 1.89 bits per heavy atom. The average Bonchev–Trinajstić information content (AvgIpc) is 3.27. The van der Waals surface area contributed by atoms with Gasteiger partial charge in [0.1, 0.15) is 11.2 Å². The SMILES string of the molecule is CCC(C)(C)[C@H]1CCc2c(sc3c2C(=O)N[C@@H](c2ccc(OC(=O)c4ccc(Cl)cc4)c(OC)c2)N3)C1. The molecule has 2 N–H and O–H groups in total. The predicted molar refractivity (Wildman–Crippen MR) is 147 cm³/mol. The highest BCUT2D eigenvalue weighted by Gasteiger charge is 2.37. The second-order valence-electron chi connectivity index (χ2n) is 10.3. The maximum absolute atomic E-state index is 13.2. The summed E-state index contributed by atoms with van der Waals surface area (Å²) in [5.41, 5.74) is 3.47. The molecule has 8 heteroatoms. The number of carbonyl (C=O) groups is 2. The van der Waals surface area contributed by atoms with E-state index in [1.165, 1.54) is 17.6 Å². The Hall–Kier alpha value is -3.03. The summed E-state index contributed by atoms with van der Waals surface area (Å²) in [5.74, 6) is 0.755. The topological polar surface area (TPSA) is 76.7 Å². The van der Waals surface area contributed by atoms with Crippen molar-refractivity contribution in [2.45, 2.75) is 52.6 Å². The van der Waals surface area contributed by atoms with Crippen LogP contribution in [0.1, 0.15) is 76.5 Å². The number of ether oxygens (including phenoxy) is 2. The molecule has 0 unspecified atom stereocenters. The Bertz CT molecular complexity index is 1350. The van der Waals surface area contributed by atoms with Gasteiger partial charge >= 0.3 is 5.97 Å². The van der Waals surface area contributed by atoms with Crippen LogP contribution in [0.4, 0.5) is 5.00 Å². The smallest absolute Gasteiger partial charge is 0.343 e. The average molecular weight is 539 g/mol. The summed E-state index contributed by atoms with van der Waals surface area (Å²) in [6.45, 7) is 6.95. The van der Waals surface area contributed by atoms with E-state index in [2.05, 4.69) is 31.4 Å². The molecule has 0 spiro atoms. The summed E-state index contributed by atoms with van der Waals surface area (Å²) < 4.78 is 11.1. The van der Waals surface area contributed by atoms with Crippen molar-refractivity contribution in [2.75, 3.05) is 12.4 Å². The van der Waals surface area contributed by atoms with E-state index in [4.69, 9.17) is 21.1 Å². The number of hydrogen-bond donors (Lipinski definition) is 2. The fraction of sp³-hybridized carbons (Fsp3) is 0.379. The van der Waals surface area contributed by atoms with Crippen LogP contribution in [0.5, 0.6) is 11.5 Å². The van der Waals surface area contributed by atoms with Crippen molar-refractivity contribution in [3.63, 3.8) is 0 Å². The van der Waals surface area contributed by atoms with Crippen LogP contribution in [-0.2, 0) is 12.8 Å². The molecule has 3 aromatic rings. The van der Waals surface area contributed by atoms with E-state index >= 15 is 0 Å². The molecule has 6 nitrogen and oxygen atoms in total. The maximum Gasteiger partial charge on any atom is 0.343 e. The minimum atomic E-state index is -0.509. The molecule has 2 aromatic carbocycles. The van der Waals surface area contributed by atoms with Gasteiger partial charge in [0, 0.05) is 9.90 Å². The van der Waals surface area contributed by atoms with Gasteiger partial charge < -0.3 is 20.1 Å². The van der Waals surface area contributed by atoms with E-state index < -0.39 is 12.1 Å². The van der Waals surface area contributed by atoms with Gasteiger partial charge in [-0.2, -0.15) is 0 Å². The lowest BCUT2D eigenvalue weighted by molar-refractivity contribution is 0.0729. The zero-order valence-electron chi connectivity index (χ0n) is 21.4. The zero-order chi connectivity index (χ0) is 26.3. The van der Waals surface area contributed by atoms with E-state index in [1.54, 1.807) is 47.7 Å². The standard InChI is InChI=1S/C29H31ClN2O4S/c1-5-29(2,3)18-9-12-20-23(15-18)37-27-24(20)26(33)31-25(32-27)17-8-13-21(22(14-17)35-4)36-28(34)16-6-10-19(30)11-7-16/h6-8,10-11,13-14,18,25,32H,5,9,12,15H2,1-4H3,(H,31,33)/t18-,25+/m0/s1. The molecule has 1 aliphatic carbocycles. The summed E-state index contributed by atoms with van der Waals surface area (Å²) in [7, 11) is 1.52. The highest BCUT2D eigenvalue weighted by Crippen LogP contribution is 2.47. The van der Waals surface area contributed by atoms with Gasteiger partial charge in [-0.1, -0.05) is 44.9 Å². The molecule has 1 aromatic heterocycles. The zero-order valence-corrected chi connectivity index (χ0v) is 23.0. The molecule has 5 rings (SSSR count). The highest BCUT2D eigenvalue weighted by atomic mass is 35.5. The van der Waals surface area contributed by atoms with E-state index in [0.717, 1.165) is 41.8 Å². The first-order chi connectivity index (χ1) is 17.7. The van der Waals surface area contributed by atoms with Gasteiger partial charge in [-0.05, 0) is 78.1 Å². The lowest BCUT2D eigenvalue weighted by Crippen LogP contribution is -2.38. The number of fused-ring (bicyclic) bond motifs is 3. The Morgan fingerprint density at radius 3 is 2.59 bits per heavy atom. The molecule has 0 bridgehead atoms. The maximum atomic E-state index is 13.2. The molecule has 2 atom stereocenters. The molecule has 37 heavy (non-hydrogen) atoms. The van der Waals surface area contributed by atoms with Crippen LogP contribution in [0.25, 0.3) is 0 Å². The second-order valence-corrected chi connectivity index (χ2v) is 11.9. The van der Waals surface area contributed by atoms with Crippen LogP contribution in [0.3, 0.4) is 0 Å². The van der Waals surface area contributed by atoms with Gasteiger partial charge in [0.05, 0.1) is 18.2 Å². The highest BCUT2D eigenvalue weighted by molar-refractivity contribution is 7.16. The number of esters is 1. The molecule has 2 aliphatic rings. The molecule has 0 radical (unpaired) electrons. The summed E-state index contributed by atoms with van der Waals surface area (Å²) >= 11 is 7.62. The normalized spacial score (nSPS) is 18.8. The molecule has 0 saturated carbocycles.